The molecule has 1 aliphatic rings. The number of nitrogens with zero attached hydrogens (tertiary/aromatic N) is 2. The Balaban J connectivity index is 2.18. The van der Waals surface area contributed by atoms with Crippen LogP contribution in [-0.4, -0.2) is 18.1 Å². The van der Waals surface area contributed by atoms with Gasteiger partial charge in [-0.1, -0.05) is 24.3 Å². The third-order valence-corrected chi connectivity index (χ3v) is 3.61. The maximum atomic E-state index is 5.92. The lowest BCUT2D eigenvalue weighted by molar-refractivity contribution is 0.893. The number of aromatic nitrogens is 1. The average Bonchev–Trinajstić information content (AvgIpc) is 3.21. The summed E-state index contributed by atoms with van der Waals surface area (Å²) in [6, 6.07) is 11.1. The highest BCUT2D eigenvalue weighted by Crippen LogP contribution is 2.33. The smallest absolute Gasteiger partial charge is 0.136 e. The van der Waals surface area contributed by atoms with Gasteiger partial charge < -0.3 is 4.90 Å². The van der Waals surface area contributed by atoms with Crippen LogP contribution >= 0.6 is 11.6 Å². The summed E-state index contributed by atoms with van der Waals surface area (Å²) >= 11 is 5.92. The van der Waals surface area contributed by atoms with Crippen molar-refractivity contribution in [2.24, 2.45) is 0 Å². The van der Waals surface area contributed by atoms with Crippen LogP contribution in [0.2, 0.25) is 0 Å². The highest BCUT2D eigenvalue weighted by Gasteiger charge is 2.28. The van der Waals surface area contributed by atoms with Gasteiger partial charge in [0.1, 0.15) is 5.82 Å². The molecule has 17 heavy (non-hydrogen) atoms. The van der Waals surface area contributed by atoms with Crippen LogP contribution in [0.4, 0.5) is 5.82 Å². The van der Waals surface area contributed by atoms with Gasteiger partial charge in [0.25, 0.3) is 0 Å². The highest BCUT2D eigenvalue weighted by molar-refractivity contribution is 6.17. The van der Waals surface area contributed by atoms with Crippen molar-refractivity contribution in [3.05, 3.63) is 36.0 Å². The van der Waals surface area contributed by atoms with Crippen LogP contribution in [0.1, 0.15) is 18.5 Å². The third kappa shape index (κ3) is 1.98. The van der Waals surface area contributed by atoms with Crippen molar-refractivity contribution in [2.75, 3.05) is 11.9 Å². The first-order valence-electron chi connectivity index (χ1n) is 5.97. The molecule has 0 aliphatic heterocycles. The predicted molar refractivity (Wildman–Crippen MR) is 72.7 cm³/mol. The minimum absolute atomic E-state index is 0.469. The Bertz CT molecular complexity index is 549. The Hall–Kier alpha value is -1.28. The van der Waals surface area contributed by atoms with Gasteiger partial charge in [-0.2, -0.15) is 0 Å². The van der Waals surface area contributed by atoms with E-state index in [1.54, 1.807) is 0 Å². The minimum Gasteiger partial charge on any atom is -0.356 e. The van der Waals surface area contributed by atoms with E-state index in [-0.39, 0.29) is 0 Å². The van der Waals surface area contributed by atoms with Crippen LogP contribution in [0.15, 0.2) is 30.3 Å². The Morgan fingerprint density at radius 1 is 1.35 bits per heavy atom. The van der Waals surface area contributed by atoms with Crippen LogP contribution in [0, 0.1) is 0 Å². The fourth-order valence-electron chi connectivity index (χ4n) is 2.21. The van der Waals surface area contributed by atoms with E-state index in [2.05, 4.69) is 47.3 Å². The molecule has 0 N–H and O–H groups in total. The molecule has 0 saturated heterocycles. The lowest BCUT2D eigenvalue weighted by Crippen LogP contribution is -2.21. The van der Waals surface area contributed by atoms with Crippen LogP contribution in [0.3, 0.4) is 0 Å². The van der Waals surface area contributed by atoms with Crippen LogP contribution in [0.5, 0.6) is 0 Å². The van der Waals surface area contributed by atoms with Crippen LogP contribution < -0.4 is 4.90 Å². The van der Waals surface area contributed by atoms with Gasteiger partial charge in [0.2, 0.25) is 0 Å². The quantitative estimate of drug-likeness (QED) is 0.770. The summed E-state index contributed by atoms with van der Waals surface area (Å²) in [5, 5.41) is 2.44. The molecule has 1 aliphatic carbocycles. The highest BCUT2D eigenvalue weighted by atomic mass is 35.5. The molecular weight excluding hydrogens is 232 g/mol. The number of fused-ring (bicyclic) bond motifs is 1. The van der Waals surface area contributed by atoms with Gasteiger partial charge in [0.15, 0.2) is 0 Å². The predicted octanol–water partition coefficient (Wildman–Crippen LogP) is 3.57. The summed E-state index contributed by atoms with van der Waals surface area (Å²) in [6.07, 6.45) is 2.55. The van der Waals surface area contributed by atoms with E-state index in [9.17, 15) is 0 Å². The fourth-order valence-corrected chi connectivity index (χ4v) is 2.34. The monoisotopic (exact) mass is 246 g/mol. The first-order valence-corrected chi connectivity index (χ1v) is 6.50. The van der Waals surface area contributed by atoms with Gasteiger partial charge in [-0.05, 0) is 24.3 Å². The Morgan fingerprint density at radius 2 is 2.12 bits per heavy atom. The van der Waals surface area contributed by atoms with Gasteiger partial charge in [0.05, 0.1) is 11.6 Å². The summed E-state index contributed by atoms with van der Waals surface area (Å²) in [4.78, 5) is 6.96. The van der Waals surface area contributed by atoms with E-state index in [0.29, 0.717) is 11.9 Å². The molecule has 0 unspecified atom stereocenters. The van der Waals surface area contributed by atoms with Gasteiger partial charge in [-0.25, -0.2) is 4.98 Å². The number of anilines is 1. The van der Waals surface area contributed by atoms with Crippen molar-refractivity contribution in [1.82, 2.24) is 4.98 Å². The van der Waals surface area contributed by atoms with E-state index in [1.165, 1.54) is 23.6 Å². The molecule has 0 bridgehead atoms. The summed E-state index contributed by atoms with van der Waals surface area (Å²) in [7, 11) is 2.13. The van der Waals surface area contributed by atoms with E-state index < -0.39 is 0 Å². The maximum Gasteiger partial charge on any atom is 0.136 e. The molecular formula is C14H15ClN2. The molecule has 2 nitrogen and oxygen atoms in total. The number of hydrogen-bond acceptors (Lipinski definition) is 2. The Kier molecular flexibility index (Phi) is 2.67. The van der Waals surface area contributed by atoms with Crippen LogP contribution in [0.25, 0.3) is 10.8 Å². The van der Waals surface area contributed by atoms with Crippen molar-refractivity contribution in [3.8, 4) is 0 Å². The van der Waals surface area contributed by atoms with E-state index in [1.807, 2.05) is 0 Å². The number of hydrogen-bond donors (Lipinski definition) is 0. The van der Waals surface area contributed by atoms with Gasteiger partial charge in [-0.15, -0.1) is 11.6 Å². The molecule has 1 heterocycles. The SMILES string of the molecule is CN(c1nc(CCl)cc2ccccc12)C1CC1. The molecule has 3 rings (SSSR count). The zero-order valence-corrected chi connectivity index (χ0v) is 10.6. The minimum atomic E-state index is 0.469. The number of rotatable bonds is 3. The van der Waals surface area contributed by atoms with Crippen LogP contribution in [-0.2, 0) is 5.88 Å². The van der Waals surface area contributed by atoms with E-state index in [4.69, 9.17) is 11.6 Å². The molecule has 2 aromatic rings. The zero-order valence-electron chi connectivity index (χ0n) is 9.86. The molecule has 0 amide bonds. The molecule has 1 aromatic heterocycles. The number of halogens is 1. The number of alkyl halides is 1. The van der Waals surface area contributed by atoms with Gasteiger partial charge >= 0.3 is 0 Å². The lowest BCUT2D eigenvalue weighted by atomic mass is 10.1. The second kappa shape index (κ2) is 4.19. The summed E-state index contributed by atoms with van der Waals surface area (Å²) in [6.45, 7) is 0. The second-order valence-corrected chi connectivity index (χ2v) is 4.90. The number of pyridine rings is 1. The molecule has 0 spiro atoms. The standard InChI is InChI=1S/C14H15ClN2/c1-17(12-6-7-12)14-13-5-3-2-4-10(13)8-11(9-15)16-14/h2-5,8,12H,6-7,9H2,1H3. The van der Waals surface area contributed by atoms with Crippen molar-refractivity contribution in [1.29, 1.82) is 0 Å². The van der Waals surface area contributed by atoms with Crippen molar-refractivity contribution in [3.63, 3.8) is 0 Å². The maximum absolute atomic E-state index is 5.92. The van der Waals surface area contributed by atoms with Gasteiger partial charge in [0, 0.05) is 18.5 Å². The third-order valence-electron chi connectivity index (χ3n) is 3.34. The topological polar surface area (TPSA) is 16.1 Å². The van der Waals surface area contributed by atoms with Gasteiger partial charge in [-0.3, -0.25) is 0 Å². The second-order valence-electron chi connectivity index (χ2n) is 4.63. The molecule has 1 aromatic carbocycles. The van der Waals surface area contributed by atoms with Crippen molar-refractivity contribution < 1.29 is 0 Å². The van der Waals surface area contributed by atoms with Crippen molar-refractivity contribution in [2.45, 2.75) is 24.8 Å². The first kappa shape index (κ1) is 10.8. The van der Waals surface area contributed by atoms with E-state index >= 15 is 0 Å². The normalized spacial score (nSPS) is 15.2. The summed E-state index contributed by atoms with van der Waals surface area (Å²) in [5.41, 5.74) is 0.952. The number of benzene rings is 1. The molecule has 0 radical (unpaired) electrons. The molecule has 3 heteroatoms. The molecule has 88 valence electrons. The summed E-state index contributed by atoms with van der Waals surface area (Å²) < 4.78 is 0. The summed E-state index contributed by atoms with van der Waals surface area (Å²) in [5.74, 6) is 1.54. The zero-order chi connectivity index (χ0) is 11.8. The lowest BCUT2D eigenvalue weighted by Gasteiger charge is -2.20. The molecule has 1 saturated carbocycles. The first-order chi connectivity index (χ1) is 8.29. The molecule has 0 atom stereocenters. The molecule has 1 fully saturated rings. The Labute approximate surface area is 106 Å². The fraction of sp³-hybridized carbons (Fsp3) is 0.357. The largest absolute Gasteiger partial charge is 0.356 e. The van der Waals surface area contributed by atoms with Crippen molar-refractivity contribution >= 4 is 28.2 Å². The Morgan fingerprint density at radius 3 is 2.82 bits per heavy atom. The van der Waals surface area contributed by atoms with E-state index in [0.717, 1.165) is 11.5 Å². The average molecular weight is 247 g/mol.